The van der Waals surface area contributed by atoms with Crippen molar-refractivity contribution in [1.29, 1.82) is 0 Å². The van der Waals surface area contributed by atoms with Crippen LogP contribution in [0, 0.1) is 10.1 Å². The SMILES string of the molecule is CCOc1ccc(CN(C)C(=O)/C=C/c2cccc([N+](=O)[O-])c2)cc1OC. The highest BCUT2D eigenvalue weighted by Gasteiger charge is 2.10. The smallest absolute Gasteiger partial charge is 0.270 e. The van der Waals surface area contributed by atoms with Crippen LogP contribution in [0.25, 0.3) is 6.08 Å². The van der Waals surface area contributed by atoms with Crippen molar-refractivity contribution >= 4 is 17.7 Å². The fraction of sp³-hybridized carbons (Fsp3) is 0.250. The molecule has 0 fully saturated rings. The van der Waals surface area contributed by atoms with E-state index in [9.17, 15) is 14.9 Å². The zero-order valence-corrected chi connectivity index (χ0v) is 15.5. The van der Waals surface area contributed by atoms with E-state index >= 15 is 0 Å². The largest absolute Gasteiger partial charge is 0.493 e. The van der Waals surface area contributed by atoms with Gasteiger partial charge in [-0.05, 0) is 36.3 Å². The van der Waals surface area contributed by atoms with Crippen molar-refractivity contribution in [2.24, 2.45) is 0 Å². The molecule has 0 unspecified atom stereocenters. The maximum atomic E-state index is 12.3. The highest BCUT2D eigenvalue weighted by atomic mass is 16.6. The molecule has 0 bridgehead atoms. The van der Waals surface area contributed by atoms with E-state index in [1.165, 1.54) is 18.2 Å². The Morgan fingerprint density at radius 2 is 2.00 bits per heavy atom. The molecular weight excluding hydrogens is 348 g/mol. The Morgan fingerprint density at radius 1 is 1.22 bits per heavy atom. The van der Waals surface area contributed by atoms with Gasteiger partial charge in [0.25, 0.3) is 5.69 Å². The number of carbonyl (C=O) groups excluding carboxylic acids is 1. The standard InChI is InChI=1S/C20H22N2O5/c1-4-27-18-10-8-16(13-19(18)26-3)14-21(2)20(23)11-9-15-6-5-7-17(12-15)22(24)25/h5-13H,4,14H2,1-3H3/b11-9+. The molecule has 0 spiro atoms. The molecule has 7 heteroatoms. The Labute approximate surface area is 158 Å². The maximum absolute atomic E-state index is 12.3. The molecule has 1 amide bonds. The highest BCUT2D eigenvalue weighted by Crippen LogP contribution is 2.28. The second-order valence-electron chi connectivity index (χ2n) is 5.80. The minimum atomic E-state index is -0.468. The van der Waals surface area contributed by atoms with Crippen LogP contribution >= 0.6 is 0 Å². The molecule has 0 aromatic heterocycles. The van der Waals surface area contributed by atoms with E-state index in [0.29, 0.717) is 30.2 Å². The first kappa shape index (κ1) is 20.0. The van der Waals surface area contributed by atoms with Crippen LogP contribution in [-0.4, -0.2) is 36.5 Å². The molecule has 0 aliphatic carbocycles. The molecule has 0 aliphatic heterocycles. The number of hydrogen-bond donors (Lipinski definition) is 0. The van der Waals surface area contributed by atoms with Gasteiger partial charge in [-0.1, -0.05) is 18.2 Å². The molecular formula is C20H22N2O5. The Bertz CT molecular complexity index is 848. The van der Waals surface area contributed by atoms with Crippen LogP contribution < -0.4 is 9.47 Å². The van der Waals surface area contributed by atoms with Gasteiger partial charge in [0.2, 0.25) is 5.91 Å². The first-order chi connectivity index (χ1) is 12.9. The van der Waals surface area contributed by atoms with Crippen LogP contribution in [0.1, 0.15) is 18.1 Å². The Balaban J connectivity index is 2.05. The lowest BCUT2D eigenvalue weighted by molar-refractivity contribution is -0.384. The van der Waals surface area contributed by atoms with Gasteiger partial charge in [0.1, 0.15) is 0 Å². The summed E-state index contributed by atoms with van der Waals surface area (Å²) in [6, 6.07) is 11.6. The van der Waals surface area contributed by atoms with Crippen LogP contribution in [0.4, 0.5) is 5.69 Å². The molecule has 2 rings (SSSR count). The fourth-order valence-corrected chi connectivity index (χ4v) is 2.47. The summed E-state index contributed by atoms with van der Waals surface area (Å²) in [4.78, 5) is 24.2. The van der Waals surface area contributed by atoms with E-state index < -0.39 is 4.92 Å². The molecule has 0 saturated heterocycles. The third-order valence-electron chi connectivity index (χ3n) is 3.82. The van der Waals surface area contributed by atoms with Crippen molar-refractivity contribution in [3.63, 3.8) is 0 Å². The third kappa shape index (κ3) is 5.57. The lowest BCUT2D eigenvalue weighted by Crippen LogP contribution is -2.24. The van der Waals surface area contributed by atoms with Gasteiger partial charge in [0.05, 0.1) is 18.6 Å². The molecule has 142 valence electrons. The molecule has 0 N–H and O–H groups in total. The predicted octanol–water partition coefficient (Wildman–Crippen LogP) is 3.67. The average molecular weight is 370 g/mol. The van der Waals surface area contributed by atoms with Gasteiger partial charge in [-0.3, -0.25) is 14.9 Å². The minimum Gasteiger partial charge on any atom is -0.493 e. The topological polar surface area (TPSA) is 81.9 Å². The Kier molecular flexibility index (Phi) is 6.93. The van der Waals surface area contributed by atoms with E-state index in [1.807, 2.05) is 25.1 Å². The predicted molar refractivity (Wildman–Crippen MR) is 103 cm³/mol. The number of ether oxygens (including phenoxy) is 2. The number of nitrogens with zero attached hydrogens (tertiary/aromatic N) is 2. The molecule has 2 aromatic carbocycles. The summed E-state index contributed by atoms with van der Waals surface area (Å²) in [7, 11) is 3.25. The number of rotatable bonds is 8. The molecule has 0 heterocycles. The lowest BCUT2D eigenvalue weighted by atomic mass is 10.1. The number of methoxy groups -OCH3 is 1. The number of nitro groups is 1. The Morgan fingerprint density at radius 3 is 2.67 bits per heavy atom. The van der Waals surface area contributed by atoms with Crippen LogP contribution in [-0.2, 0) is 11.3 Å². The summed E-state index contributed by atoms with van der Waals surface area (Å²) < 4.78 is 10.8. The molecule has 0 radical (unpaired) electrons. The summed E-state index contributed by atoms with van der Waals surface area (Å²) >= 11 is 0. The summed E-state index contributed by atoms with van der Waals surface area (Å²) in [6.45, 7) is 2.82. The summed E-state index contributed by atoms with van der Waals surface area (Å²) in [6.07, 6.45) is 2.95. The van der Waals surface area contributed by atoms with Crippen LogP contribution in [0.15, 0.2) is 48.5 Å². The number of amides is 1. The molecule has 2 aromatic rings. The normalized spacial score (nSPS) is 10.6. The number of likely N-dealkylation sites (N-methyl/N-ethyl adjacent to an activating group) is 1. The zero-order chi connectivity index (χ0) is 19.8. The second kappa shape index (κ2) is 9.38. The van der Waals surface area contributed by atoms with E-state index in [-0.39, 0.29) is 11.6 Å². The monoisotopic (exact) mass is 370 g/mol. The first-order valence-corrected chi connectivity index (χ1v) is 8.42. The average Bonchev–Trinajstić information content (AvgIpc) is 2.67. The van der Waals surface area contributed by atoms with Crippen LogP contribution in [0.2, 0.25) is 0 Å². The molecule has 7 nitrogen and oxygen atoms in total. The van der Waals surface area contributed by atoms with Gasteiger partial charge < -0.3 is 14.4 Å². The van der Waals surface area contributed by atoms with E-state index in [2.05, 4.69) is 0 Å². The number of nitro benzene ring substituents is 1. The van der Waals surface area contributed by atoms with Crippen molar-refractivity contribution in [2.75, 3.05) is 20.8 Å². The highest BCUT2D eigenvalue weighted by molar-refractivity contribution is 5.91. The first-order valence-electron chi connectivity index (χ1n) is 8.42. The van der Waals surface area contributed by atoms with Crippen molar-refractivity contribution in [3.8, 4) is 11.5 Å². The second-order valence-corrected chi connectivity index (χ2v) is 5.80. The third-order valence-corrected chi connectivity index (χ3v) is 3.82. The van der Waals surface area contributed by atoms with Gasteiger partial charge in [0.15, 0.2) is 11.5 Å². The minimum absolute atomic E-state index is 0.0144. The lowest BCUT2D eigenvalue weighted by Gasteiger charge is -2.17. The van der Waals surface area contributed by atoms with Crippen molar-refractivity contribution in [3.05, 3.63) is 69.8 Å². The summed E-state index contributed by atoms with van der Waals surface area (Å²) in [5.74, 6) is 1.06. The fourth-order valence-electron chi connectivity index (χ4n) is 2.47. The van der Waals surface area contributed by atoms with Crippen molar-refractivity contribution in [1.82, 2.24) is 4.90 Å². The molecule has 27 heavy (non-hydrogen) atoms. The van der Waals surface area contributed by atoms with Gasteiger partial charge in [-0.15, -0.1) is 0 Å². The summed E-state index contributed by atoms with van der Waals surface area (Å²) in [5, 5.41) is 10.8. The van der Waals surface area contributed by atoms with Gasteiger partial charge >= 0.3 is 0 Å². The van der Waals surface area contributed by atoms with Gasteiger partial charge in [-0.25, -0.2) is 0 Å². The number of carbonyl (C=O) groups is 1. The van der Waals surface area contributed by atoms with E-state index in [1.54, 1.807) is 37.3 Å². The number of benzene rings is 2. The van der Waals surface area contributed by atoms with Crippen molar-refractivity contribution < 1.29 is 19.2 Å². The van der Waals surface area contributed by atoms with Gasteiger partial charge in [0, 0.05) is 31.8 Å². The van der Waals surface area contributed by atoms with E-state index in [0.717, 1.165) is 5.56 Å². The van der Waals surface area contributed by atoms with Gasteiger partial charge in [-0.2, -0.15) is 0 Å². The van der Waals surface area contributed by atoms with Crippen LogP contribution in [0.3, 0.4) is 0 Å². The summed E-state index contributed by atoms with van der Waals surface area (Å²) in [5.41, 5.74) is 1.48. The molecule has 0 aliphatic rings. The maximum Gasteiger partial charge on any atom is 0.270 e. The van der Waals surface area contributed by atoms with E-state index in [4.69, 9.17) is 9.47 Å². The van der Waals surface area contributed by atoms with Crippen molar-refractivity contribution in [2.45, 2.75) is 13.5 Å². The zero-order valence-electron chi connectivity index (χ0n) is 15.5. The number of hydrogen-bond acceptors (Lipinski definition) is 5. The molecule has 0 saturated carbocycles. The quantitative estimate of drug-likeness (QED) is 0.402. The molecule has 0 atom stereocenters. The Hall–Kier alpha value is -3.35. The van der Waals surface area contributed by atoms with Crippen LogP contribution in [0.5, 0.6) is 11.5 Å². The number of non-ortho nitro benzene ring substituents is 1.